The van der Waals surface area contributed by atoms with E-state index in [-0.39, 0.29) is 11.8 Å². The lowest BCUT2D eigenvalue weighted by molar-refractivity contribution is -0.121. The third kappa shape index (κ3) is 3.87. The molecule has 0 saturated heterocycles. The number of hydrogen-bond donors (Lipinski definition) is 1. The zero-order valence-electron chi connectivity index (χ0n) is 18.7. The van der Waals surface area contributed by atoms with Crippen LogP contribution in [0, 0.1) is 0 Å². The van der Waals surface area contributed by atoms with Crippen LogP contribution < -0.4 is 5.32 Å². The van der Waals surface area contributed by atoms with Crippen LogP contribution in [0.2, 0.25) is 0 Å². The second-order valence-corrected chi connectivity index (χ2v) is 9.05. The molecule has 5 nitrogen and oxygen atoms in total. The Morgan fingerprint density at radius 3 is 2.45 bits per heavy atom. The van der Waals surface area contributed by atoms with Gasteiger partial charge in [0.25, 0.3) is 5.91 Å². The lowest BCUT2D eigenvalue weighted by Crippen LogP contribution is -2.60. The van der Waals surface area contributed by atoms with Crippen LogP contribution in [0.3, 0.4) is 0 Å². The molecular formula is C26H32N2O3. The molecular weight excluding hydrogens is 388 g/mol. The molecule has 0 unspecified atom stereocenters. The van der Waals surface area contributed by atoms with Crippen LogP contribution in [0.5, 0.6) is 0 Å². The molecule has 2 aromatic carbocycles. The Balaban J connectivity index is 1.73. The van der Waals surface area contributed by atoms with Gasteiger partial charge in [-0.3, -0.25) is 9.59 Å². The fraction of sp³-hybridized carbons (Fsp3) is 0.462. The second-order valence-electron chi connectivity index (χ2n) is 9.05. The van der Waals surface area contributed by atoms with Crippen LogP contribution in [-0.4, -0.2) is 42.5 Å². The first-order valence-corrected chi connectivity index (χ1v) is 11.3. The summed E-state index contributed by atoms with van der Waals surface area (Å²) in [4.78, 5) is 29.1. The van der Waals surface area contributed by atoms with Gasteiger partial charge in [0.05, 0.1) is 18.1 Å². The summed E-state index contributed by atoms with van der Waals surface area (Å²) in [5.41, 5.74) is 3.02. The molecule has 31 heavy (non-hydrogen) atoms. The van der Waals surface area contributed by atoms with Crippen molar-refractivity contribution in [2.45, 2.75) is 56.9 Å². The maximum absolute atomic E-state index is 13.8. The second kappa shape index (κ2) is 8.83. The molecule has 2 aromatic rings. The van der Waals surface area contributed by atoms with Crippen molar-refractivity contribution in [3.05, 3.63) is 65.2 Å². The van der Waals surface area contributed by atoms with Gasteiger partial charge < -0.3 is 15.0 Å². The summed E-state index contributed by atoms with van der Waals surface area (Å²) in [5, 5.41) is 3.15. The first-order chi connectivity index (χ1) is 15.0. The highest BCUT2D eigenvalue weighted by molar-refractivity contribution is 6.05. The molecule has 2 amide bonds. The lowest BCUT2D eigenvalue weighted by Gasteiger charge is -2.50. The van der Waals surface area contributed by atoms with Crippen LogP contribution in [0.1, 0.15) is 72.9 Å². The van der Waals surface area contributed by atoms with E-state index in [1.54, 1.807) is 7.11 Å². The SMILES string of the molecule is COCCN1C(=O)c2ccccc2[C@H](C(=O)Nc2ccc(C(C)C)cc2)C12CCCC2. The van der Waals surface area contributed by atoms with Crippen molar-refractivity contribution in [2.24, 2.45) is 0 Å². The predicted octanol–water partition coefficient (Wildman–Crippen LogP) is 4.95. The minimum absolute atomic E-state index is 0.0138. The van der Waals surface area contributed by atoms with Gasteiger partial charge in [-0.05, 0) is 48.1 Å². The molecule has 164 valence electrons. The van der Waals surface area contributed by atoms with E-state index in [0.717, 1.165) is 36.9 Å². The molecule has 0 bridgehead atoms. The van der Waals surface area contributed by atoms with Gasteiger partial charge in [0.1, 0.15) is 0 Å². The van der Waals surface area contributed by atoms with Gasteiger partial charge in [-0.25, -0.2) is 0 Å². The van der Waals surface area contributed by atoms with Gasteiger partial charge in [-0.15, -0.1) is 0 Å². The molecule has 1 aliphatic carbocycles. The van der Waals surface area contributed by atoms with E-state index in [2.05, 4.69) is 31.3 Å². The lowest BCUT2D eigenvalue weighted by atomic mass is 9.71. The van der Waals surface area contributed by atoms with Gasteiger partial charge in [0, 0.05) is 24.9 Å². The third-order valence-corrected chi connectivity index (χ3v) is 6.92. The molecule has 1 fully saturated rings. The van der Waals surface area contributed by atoms with E-state index in [0.29, 0.717) is 24.6 Å². The number of anilines is 1. The molecule has 1 spiro atoms. The summed E-state index contributed by atoms with van der Waals surface area (Å²) in [6.45, 7) is 5.27. The Labute approximate surface area is 184 Å². The molecule has 1 heterocycles. The maximum atomic E-state index is 13.8. The highest BCUT2D eigenvalue weighted by Crippen LogP contribution is 2.50. The maximum Gasteiger partial charge on any atom is 0.254 e. The predicted molar refractivity (Wildman–Crippen MR) is 122 cm³/mol. The molecule has 0 aromatic heterocycles. The molecule has 1 aliphatic heterocycles. The standard InChI is InChI=1S/C26H32N2O3/c1-18(2)19-10-12-20(13-11-19)27-24(29)23-21-8-4-5-9-22(21)25(30)28(16-17-31-3)26(23)14-6-7-15-26/h4-5,8-13,18,23H,6-7,14-17H2,1-3H3,(H,27,29)/t23-/m1/s1. The van der Waals surface area contributed by atoms with Crippen LogP contribution in [0.15, 0.2) is 48.5 Å². The van der Waals surface area contributed by atoms with Crippen molar-refractivity contribution in [1.29, 1.82) is 0 Å². The smallest absolute Gasteiger partial charge is 0.254 e. The Morgan fingerprint density at radius 1 is 1.13 bits per heavy atom. The highest BCUT2D eigenvalue weighted by atomic mass is 16.5. The van der Waals surface area contributed by atoms with Crippen LogP contribution in [0.25, 0.3) is 0 Å². The van der Waals surface area contributed by atoms with Crippen molar-refractivity contribution in [2.75, 3.05) is 25.6 Å². The van der Waals surface area contributed by atoms with E-state index in [4.69, 9.17) is 4.74 Å². The Kier molecular flexibility index (Phi) is 6.15. The van der Waals surface area contributed by atoms with Gasteiger partial charge in [-0.1, -0.05) is 57.0 Å². The number of carbonyl (C=O) groups is 2. The normalized spacial score (nSPS) is 19.7. The average Bonchev–Trinajstić information content (AvgIpc) is 3.24. The van der Waals surface area contributed by atoms with Gasteiger partial charge in [0.15, 0.2) is 0 Å². The number of nitrogens with one attached hydrogen (secondary N) is 1. The number of fused-ring (bicyclic) bond motifs is 1. The summed E-state index contributed by atoms with van der Waals surface area (Å²) < 4.78 is 5.31. The van der Waals surface area contributed by atoms with Crippen LogP contribution in [-0.2, 0) is 9.53 Å². The number of benzene rings is 2. The van der Waals surface area contributed by atoms with Crippen molar-refractivity contribution in [1.82, 2.24) is 4.90 Å². The molecule has 5 heteroatoms. The van der Waals surface area contributed by atoms with Gasteiger partial charge >= 0.3 is 0 Å². The minimum atomic E-state index is -0.494. The van der Waals surface area contributed by atoms with E-state index >= 15 is 0 Å². The summed E-state index contributed by atoms with van der Waals surface area (Å²) in [6.07, 6.45) is 3.71. The Hall–Kier alpha value is -2.66. The average molecular weight is 421 g/mol. The van der Waals surface area contributed by atoms with Gasteiger partial charge in [-0.2, -0.15) is 0 Å². The van der Waals surface area contributed by atoms with E-state index in [9.17, 15) is 9.59 Å². The molecule has 1 atom stereocenters. The quantitative estimate of drug-likeness (QED) is 0.720. The first kappa shape index (κ1) is 21.6. The molecule has 4 rings (SSSR count). The highest BCUT2D eigenvalue weighted by Gasteiger charge is 2.55. The number of methoxy groups -OCH3 is 1. The number of carbonyl (C=O) groups excluding carboxylic acids is 2. The number of nitrogens with zero attached hydrogens (tertiary/aromatic N) is 1. The van der Waals surface area contributed by atoms with Gasteiger partial charge in [0.2, 0.25) is 5.91 Å². The number of ether oxygens (including phenoxy) is 1. The van der Waals surface area contributed by atoms with Crippen LogP contribution >= 0.6 is 0 Å². The Morgan fingerprint density at radius 2 is 1.81 bits per heavy atom. The molecule has 2 aliphatic rings. The molecule has 1 N–H and O–H groups in total. The van der Waals surface area contributed by atoms with Crippen molar-refractivity contribution in [3.8, 4) is 0 Å². The third-order valence-electron chi connectivity index (χ3n) is 6.92. The topological polar surface area (TPSA) is 58.6 Å². The molecule has 0 radical (unpaired) electrons. The monoisotopic (exact) mass is 420 g/mol. The summed E-state index contributed by atoms with van der Waals surface area (Å²) in [7, 11) is 1.65. The largest absolute Gasteiger partial charge is 0.383 e. The zero-order chi connectivity index (χ0) is 22.0. The molecule has 1 saturated carbocycles. The fourth-order valence-electron chi connectivity index (χ4n) is 5.34. The zero-order valence-corrected chi connectivity index (χ0v) is 18.7. The number of rotatable bonds is 6. The first-order valence-electron chi connectivity index (χ1n) is 11.3. The summed E-state index contributed by atoms with van der Waals surface area (Å²) >= 11 is 0. The Bertz CT molecular complexity index is 945. The summed E-state index contributed by atoms with van der Waals surface area (Å²) in [6, 6.07) is 15.7. The minimum Gasteiger partial charge on any atom is -0.383 e. The van der Waals surface area contributed by atoms with E-state index in [1.165, 1.54) is 5.56 Å². The van der Waals surface area contributed by atoms with E-state index in [1.807, 2.05) is 41.3 Å². The number of amides is 2. The van der Waals surface area contributed by atoms with Crippen molar-refractivity contribution in [3.63, 3.8) is 0 Å². The van der Waals surface area contributed by atoms with Crippen molar-refractivity contribution < 1.29 is 14.3 Å². The summed E-state index contributed by atoms with van der Waals surface area (Å²) in [5.74, 6) is 0.0177. The van der Waals surface area contributed by atoms with E-state index < -0.39 is 11.5 Å². The van der Waals surface area contributed by atoms with Crippen molar-refractivity contribution >= 4 is 17.5 Å². The fourth-order valence-corrected chi connectivity index (χ4v) is 5.34. The number of hydrogen-bond acceptors (Lipinski definition) is 3. The van der Waals surface area contributed by atoms with Crippen LogP contribution in [0.4, 0.5) is 5.69 Å².